The Morgan fingerprint density at radius 1 is 0.610 bits per heavy atom. The number of carbonyl (C=O) groups excluding carboxylic acids is 7. The summed E-state index contributed by atoms with van der Waals surface area (Å²) in [6, 6.07) is 1.07. The number of hydrogen-bond acceptors (Lipinski definition) is 32. The molecule has 6 amide bonds. The Bertz CT molecular complexity index is 3020. The molecule has 38 heteroatoms. The summed E-state index contributed by atoms with van der Waals surface area (Å²) in [7, 11) is 0. The minimum Gasteiger partial charge on any atom is -0.463 e. The third kappa shape index (κ3) is 18.9. The van der Waals surface area contributed by atoms with E-state index in [-0.39, 0.29) is 17.9 Å². The van der Waals surface area contributed by atoms with Crippen LogP contribution in [0.1, 0.15) is 63.5 Å². The van der Waals surface area contributed by atoms with E-state index in [9.17, 15) is 80.8 Å². The molecule has 6 aliphatic rings. The Balaban J connectivity index is 1.14. The molecule has 0 radical (unpaired) electrons. The van der Waals surface area contributed by atoms with Crippen LogP contribution in [-0.2, 0) is 63.7 Å². The normalized spacial score (nSPS) is 37.1. The molecule has 8 rings (SSSR count). The predicted octanol–water partition coefficient (Wildman–Crippen LogP) is -11.8. The van der Waals surface area contributed by atoms with Crippen LogP contribution in [0, 0.1) is 5.92 Å². The quantitative estimate of drug-likeness (QED) is 0.0459. The maximum Gasteiger partial charge on any atom is 0.309 e. The zero-order chi connectivity index (χ0) is 73.0. The van der Waals surface area contributed by atoms with E-state index in [0.717, 1.165) is 4.90 Å². The van der Waals surface area contributed by atoms with Crippen molar-refractivity contribution in [1.29, 1.82) is 0 Å². The summed E-state index contributed by atoms with van der Waals surface area (Å²) in [5, 5.41) is 165. The number of carbonyl (C=O) groups is 7. The minimum absolute atomic E-state index is 0.0714. The van der Waals surface area contributed by atoms with Crippen LogP contribution in [0.15, 0.2) is 54.6 Å². The molecule has 2 aromatic carbocycles. The van der Waals surface area contributed by atoms with E-state index >= 15 is 19.2 Å². The lowest BCUT2D eigenvalue weighted by atomic mass is 9.92. The molecule has 560 valence electrons. The Morgan fingerprint density at radius 2 is 1.18 bits per heavy atom. The second-order valence-corrected chi connectivity index (χ2v) is 25.7. The molecule has 0 bridgehead atoms. The van der Waals surface area contributed by atoms with Crippen molar-refractivity contribution >= 4 is 41.4 Å². The Morgan fingerprint density at radius 3 is 1.80 bits per heavy atom. The lowest BCUT2D eigenvalue weighted by Crippen LogP contribution is -2.70. The van der Waals surface area contributed by atoms with Crippen LogP contribution in [0.25, 0.3) is 0 Å². The van der Waals surface area contributed by atoms with Gasteiger partial charge in [0.1, 0.15) is 141 Å². The Hall–Kier alpha value is -6.39. The highest BCUT2D eigenvalue weighted by atomic mass is 16.7. The van der Waals surface area contributed by atoms with Gasteiger partial charge in [0.2, 0.25) is 41.7 Å². The van der Waals surface area contributed by atoms with Crippen LogP contribution in [0.4, 0.5) is 0 Å². The number of hydrogen-bond donors (Lipinski definition) is 24. The molecule has 38 nitrogen and oxygen atoms in total. The van der Waals surface area contributed by atoms with Crippen LogP contribution in [-0.4, -0.2) is 318 Å². The Labute approximate surface area is 573 Å². The SMILES string of the molecule is CCCC(CCC)C(=O)OC[C@@H]1NC(=O)[C@@H]([C@@H](O)[C@@H]2CNC(N)N2[C@H]2O[C@H](CO)[C@@H](O)[C@H](O)[C@@H]2O)NC(=O)[C@H]([C@@H](O)[C@@H]2CNC(N)N2)NC(=O)[C@@H](Cc2ccc(O[C@H]3O[C@H](CO)[C@@H](O[C@H]4O[C@H](CO)[C@@H](O)[C@H](O)[C@@H]4O)[C@H](O)[C@@H]3O)cc2)NC(=O)[C@H]([C@@H](C)c2ccccc2)NC(=O)CNC1=O. The third-order valence-corrected chi connectivity index (χ3v) is 18.7. The monoisotopic (exact) mass is 1420 g/mol. The van der Waals surface area contributed by atoms with E-state index < -0.39 is 258 Å². The van der Waals surface area contributed by atoms with E-state index in [1.165, 1.54) is 24.3 Å². The molecule has 0 spiro atoms. The summed E-state index contributed by atoms with van der Waals surface area (Å²) >= 11 is 0. The number of ether oxygens (including phenoxy) is 6. The van der Waals surface area contributed by atoms with Gasteiger partial charge in [-0.1, -0.05) is 76.1 Å². The first-order valence-electron chi connectivity index (χ1n) is 33.2. The highest BCUT2D eigenvalue weighted by Gasteiger charge is 2.55. The number of aliphatic hydroxyl groups is 13. The third-order valence-electron chi connectivity index (χ3n) is 18.7. The van der Waals surface area contributed by atoms with Crippen LogP contribution in [0.2, 0.25) is 0 Å². The first kappa shape index (κ1) is 79.3. The molecular formula is C62H96N12O26. The molecule has 6 saturated heterocycles. The van der Waals surface area contributed by atoms with Crippen LogP contribution in [0.5, 0.6) is 5.75 Å². The highest BCUT2D eigenvalue weighted by Crippen LogP contribution is 2.33. The maximum absolute atomic E-state index is 15.4. The summed E-state index contributed by atoms with van der Waals surface area (Å²) in [4.78, 5) is 104. The van der Waals surface area contributed by atoms with Crippen molar-refractivity contribution in [3.8, 4) is 5.75 Å². The lowest BCUT2D eigenvalue weighted by Gasteiger charge is -2.47. The summed E-state index contributed by atoms with van der Waals surface area (Å²) in [6.07, 6.45) is -32.1. The number of nitrogens with one attached hydrogen (secondary N) is 9. The van der Waals surface area contributed by atoms with Gasteiger partial charge in [-0.2, -0.15) is 0 Å². The van der Waals surface area contributed by atoms with Gasteiger partial charge in [-0.25, -0.2) is 4.90 Å². The largest absolute Gasteiger partial charge is 0.463 e. The first-order valence-corrected chi connectivity index (χ1v) is 33.2. The smallest absolute Gasteiger partial charge is 0.309 e. The van der Waals surface area contributed by atoms with E-state index in [1.54, 1.807) is 37.3 Å². The van der Waals surface area contributed by atoms with Gasteiger partial charge in [0, 0.05) is 25.4 Å². The van der Waals surface area contributed by atoms with Crippen LogP contribution >= 0.6 is 0 Å². The van der Waals surface area contributed by atoms with Gasteiger partial charge < -0.3 is 138 Å². The van der Waals surface area contributed by atoms with Gasteiger partial charge in [0.15, 0.2) is 6.29 Å². The van der Waals surface area contributed by atoms with Crippen molar-refractivity contribution in [1.82, 2.24) is 52.8 Å². The predicted molar refractivity (Wildman–Crippen MR) is 339 cm³/mol. The molecule has 6 heterocycles. The van der Waals surface area contributed by atoms with Gasteiger partial charge >= 0.3 is 5.97 Å². The molecule has 2 aromatic rings. The first-order chi connectivity index (χ1) is 47.6. The molecule has 27 atom stereocenters. The number of aliphatic hydroxyl groups excluding tert-OH is 13. The number of nitrogens with two attached hydrogens (primary N) is 2. The van der Waals surface area contributed by atoms with E-state index in [0.29, 0.717) is 31.2 Å². The van der Waals surface area contributed by atoms with Crippen molar-refractivity contribution in [2.75, 3.05) is 46.1 Å². The van der Waals surface area contributed by atoms with Crippen LogP contribution < -0.4 is 64.1 Å². The summed E-state index contributed by atoms with van der Waals surface area (Å²) in [5.74, 6) is -9.60. The van der Waals surface area contributed by atoms with E-state index in [1.807, 2.05) is 13.8 Å². The van der Waals surface area contributed by atoms with Gasteiger partial charge in [-0.05, 0) is 36.1 Å². The summed E-state index contributed by atoms with van der Waals surface area (Å²) < 4.78 is 34.2. The number of rotatable bonds is 23. The molecule has 6 aliphatic heterocycles. The van der Waals surface area contributed by atoms with Crippen molar-refractivity contribution in [3.63, 3.8) is 0 Å². The van der Waals surface area contributed by atoms with E-state index in [4.69, 9.17) is 39.9 Å². The topological polar surface area (TPSA) is 601 Å². The molecule has 0 aromatic heterocycles. The van der Waals surface area contributed by atoms with Crippen molar-refractivity contribution < 1.29 is 128 Å². The summed E-state index contributed by atoms with van der Waals surface area (Å²) in [6.45, 7) is 0.285. The summed E-state index contributed by atoms with van der Waals surface area (Å²) in [5.41, 5.74) is 13.3. The average molecular weight is 1430 g/mol. The molecule has 0 aliphatic carbocycles. The fourth-order valence-electron chi connectivity index (χ4n) is 12.9. The fraction of sp³-hybridized carbons (Fsp3) is 0.694. The zero-order valence-corrected chi connectivity index (χ0v) is 55.1. The lowest BCUT2D eigenvalue weighted by molar-refractivity contribution is -0.352. The van der Waals surface area contributed by atoms with E-state index in [2.05, 4.69) is 47.9 Å². The fourth-order valence-corrected chi connectivity index (χ4v) is 12.9. The second kappa shape index (κ2) is 36.2. The maximum atomic E-state index is 15.4. The minimum atomic E-state index is -2.35. The average Bonchev–Trinajstić information content (AvgIpc) is 1.46. The Kier molecular flexibility index (Phi) is 28.7. The van der Waals surface area contributed by atoms with Crippen molar-refractivity contribution in [2.45, 2.75) is 218 Å². The van der Waals surface area contributed by atoms with Gasteiger partial charge in [0.05, 0.1) is 50.5 Å². The number of nitrogens with zero attached hydrogens (tertiary/aromatic N) is 1. The molecule has 6 fully saturated rings. The standard InChI is InChI=1S/C62H96N12O26/c1-4-9-28(10-5-2)58(94)95-24-32-52(89)65-20-37(78)71-38(25(3)27-11-7-6-8-12-27)54(91)68-30(17-26-13-15-29(16-14-26)96-59-50(88)47(85)51(36(23-77)99-59)100-60-49(87)46(84)44(82)35(22-76)98-60)53(90)72-39(41(79)31-18-66-61(63)70-31)56(93)73-40(55(92)69-32)42(80)33-19-67-62(64)74(33)57-48(86)45(83)43(81)34(21-75)97-57/h6-8,11-16,25,28,30-36,38-51,57,59-62,66-67,70,75-77,79-88H,4-5,9-10,17-24,63-64H2,1-3H3,(H,65,89)(H,68,91)(H,69,92)(H,71,78)(H,72,90)(H,73,93)/t25-,30+,31-,32-,33-,34+,35+,36+,38-,39-,40+,41-,42-,43+,44+,45-,46-,47+,48-,49-,50-,51+,57-,59-,60+,61?,62?/m0/s1. The number of esters is 1. The highest BCUT2D eigenvalue weighted by molar-refractivity contribution is 5.98. The van der Waals surface area contributed by atoms with Gasteiger partial charge in [-0.15, -0.1) is 0 Å². The second-order valence-electron chi connectivity index (χ2n) is 25.7. The molecule has 100 heavy (non-hydrogen) atoms. The molecular weight excluding hydrogens is 1330 g/mol. The molecule has 0 saturated carbocycles. The van der Waals surface area contributed by atoms with Crippen molar-refractivity contribution in [2.24, 2.45) is 17.4 Å². The number of benzene rings is 2. The zero-order valence-electron chi connectivity index (χ0n) is 55.1. The van der Waals surface area contributed by atoms with Crippen molar-refractivity contribution in [3.05, 3.63) is 65.7 Å². The number of amides is 6. The molecule has 26 N–H and O–H groups in total. The van der Waals surface area contributed by atoms with Crippen LogP contribution in [0.3, 0.4) is 0 Å². The molecule has 2 unspecified atom stereocenters. The van der Waals surface area contributed by atoms with Gasteiger partial charge in [-0.3, -0.25) is 49.5 Å². The van der Waals surface area contributed by atoms with Gasteiger partial charge in [0.25, 0.3) is 0 Å².